The molecule has 1 amide bonds. The molecule has 0 aliphatic rings. The molecule has 0 aliphatic heterocycles. The summed E-state index contributed by atoms with van der Waals surface area (Å²) in [4.78, 5) is 22.2. The Hall–Kier alpha value is -0.820. The highest BCUT2D eigenvalue weighted by Gasteiger charge is 2.25. The maximum absolute atomic E-state index is 11.3. The van der Waals surface area contributed by atoms with Crippen LogP contribution in [0.5, 0.6) is 0 Å². The minimum atomic E-state index is -3.45. The van der Waals surface area contributed by atoms with Crippen LogP contribution in [0.25, 0.3) is 0 Å². The predicted molar refractivity (Wildman–Crippen MR) is 59.0 cm³/mol. The van der Waals surface area contributed by atoms with Crippen LogP contribution in [0.2, 0.25) is 0 Å². The lowest BCUT2D eigenvalue weighted by Gasteiger charge is -2.12. The first-order valence-corrected chi connectivity index (χ1v) is 6.77. The van der Waals surface area contributed by atoms with E-state index in [1.807, 2.05) is 0 Å². The molecule has 0 saturated carbocycles. The average molecular weight is 272 g/mol. The maximum atomic E-state index is 11.3. The van der Waals surface area contributed by atoms with Gasteiger partial charge in [-0.1, -0.05) is 0 Å². The Morgan fingerprint density at radius 3 is 2.31 bits per heavy atom. The fourth-order valence-electron chi connectivity index (χ4n) is 0.740. The molecule has 2 unspecified atom stereocenters. The van der Waals surface area contributed by atoms with Crippen molar-refractivity contribution in [1.29, 1.82) is 0 Å². The van der Waals surface area contributed by atoms with Crippen molar-refractivity contribution < 1.29 is 22.7 Å². The quantitative estimate of drug-likeness (QED) is 0.528. The summed E-state index contributed by atoms with van der Waals surface area (Å²) in [6.45, 7) is 1.08. The zero-order valence-corrected chi connectivity index (χ0v) is 10.8. The van der Waals surface area contributed by atoms with E-state index in [1.54, 1.807) is 0 Å². The number of hydrogen-bond acceptors (Lipinski definition) is 5. The van der Waals surface area contributed by atoms with Gasteiger partial charge in [0.25, 0.3) is 0 Å². The van der Waals surface area contributed by atoms with Crippen LogP contribution in [0.1, 0.15) is 6.92 Å². The highest BCUT2D eigenvalue weighted by Crippen LogP contribution is 2.00. The summed E-state index contributed by atoms with van der Waals surface area (Å²) in [5.41, 5.74) is 0. The smallest absolute Gasteiger partial charge is 0.325 e. The van der Waals surface area contributed by atoms with Gasteiger partial charge in [0.2, 0.25) is 5.91 Å². The van der Waals surface area contributed by atoms with Gasteiger partial charge in [0.15, 0.2) is 9.84 Å². The van der Waals surface area contributed by atoms with Crippen LogP contribution in [-0.2, 0) is 24.2 Å². The van der Waals surface area contributed by atoms with E-state index in [4.69, 9.17) is 11.6 Å². The number of halogens is 1. The molecule has 0 bridgehead atoms. The van der Waals surface area contributed by atoms with E-state index in [1.165, 1.54) is 14.0 Å². The normalized spacial score (nSPS) is 15.0. The van der Waals surface area contributed by atoms with E-state index < -0.39 is 32.3 Å². The molecule has 16 heavy (non-hydrogen) atoms. The van der Waals surface area contributed by atoms with Crippen LogP contribution in [0.4, 0.5) is 0 Å². The summed E-state index contributed by atoms with van der Waals surface area (Å²) in [7, 11) is -2.28. The number of amides is 1. The van der Waals surface area contributed by atoms with Gasteiger partial charge in [-0.2, -0.15) is 0 Å². The van der Waals surface area contributed by atoms with Crippen LogP contribution in [0.15, 0.2) is 0 Å². The summed E-state index contributed by atoms with van der Waals surface area (Å²) >= 11 is 5.56. The second-order valence-corrected chi connectivity index (χ2v) is 6.10. The van der Waals surface area contributed by atoms with Crippen molar-refractivity contribution in [3.63, 3.8) is 0 Å². The highest BCUT2D eigenvalue weighted by molar-refractivity contribution is 7.92. The standard InChI is InChI=1S/C8H14ClNO5S/c1-5(16(3,13)14)7(11)10-4-6(9)8(12)15-2/h5-6H,4H2,1-3H3,(H,10,11). The molecule has 2 atom stereocenters. The lowest BCUT2D eigenvalue weighted by atomic mass is 10.4. The maximum Gasteiger partial charge on any atom is 0.325 e. The van der Waals surface area contributed by atoms with Crippen molar-refractivity contribution in [1.82, 2.24) is 5.32 Å². The van der Waals surface area contributed by atoms with Crippen molar-refractivity contribution in [3.8, 4) is 0 Å². The average Bonchev–Trinajstić information content (AvgIpc) is 2.21. The van der Waals surface area contributed by atoms with Gasteiger partial charge in [0.1, 0.15) is 10.6 Å². The number of carbonyl (C=O) groups is 2. The van der Waals surface area contributed by atoms with Crippen LogP contribution < -0.4 is 5.32 Å². The van der Waals surface area contributed by atoms with E-state index in [2.05, 4.69) is 10.1 Å². The summed E-state index contributed by atoms with van der Waals surface area (Å²) < 4.78 is 26.4. The summed E-state index contributed by atoms with van der Waals surface area (Å²) in [6.07, 6.45) is 0.954. The van der Waals surface area contributed by atoms with Gasteiger partial charge < -0.3 is 10.1 Å². The molecule has 6 nitrogen and oxygen atoms in total. The molecule has 1 N–H and O–H groups in total. The summed E-state index contributed by atoms with van der Waals surface area (Å²) in [6, 6.07) is 0. The topological polar surface area (TPSA) is 89.5 Å². The van der Waals surface area contributed by atoms with Crippen LogP contribution >= 0.6 is 11.6 Å². The van der Waals surface area contributed by atoms with Gasteiger partial charge in [-0.05, 0) is 6.92 Å². The molecule has 0 rings (SSSR count). The Morgan fingerprint density at radius 2 is 1.94 bits per heavy atom. The molecular weight excluding hydrogens is 258 g/mol. The third-order valence-electron chi connectivity index (χ3n) is 1.92. The fraction of sp³-hybridized carbons (Fsp3) is 0.750. The number of nitrogens with one attached hydrogen (secondary N) is 1. The second kappa shape index (κ2) is 6.05. The predicted octanol–water partition coefficient (Wildman–Crippen LogP) is -0.684. The van der Waals surface area contributed by atoms with Crippen LogP contribution in [0.3, 0.4) is 0 Å². The minimum Gasteiger partial charge on any atom is -0.468 e. The third-order valence-corrected chi connectivity index (χ3v) is 3.75. The number of alkyl halides is 1. The molecule has 0 saturated heterocycles. The molecule has 0 spiro atoms. The first-order valence-electron chi connectivity index (χ1n) is 4.38. The van der Waals surface area contributed by atoms with Crippen molar-refractivity contribution in [2.45, 2.75) is 17.6 Å². The Labute approximate surface area is 99.2 Å². The lowest BCUT2D eigenvalue weighted by molar-refractivity contribution is -0.140. The van der Waals surface area contributed by atoms with Crippen molar-refractivity contribution in [2.24, 2.45) is 0 Å². The number of carbonyl (C=O) groups excluding carboxylic acids is 2. The molecule has 0 aromatic heterocycles. The molecule has 0 fully saturated rings. The Kier molecular flexibility index (Phi) is 5.74. The van der Waals surface area contributed by atoms with Gasteiger partial charge in [0, 0.05) is 12.8 Å². The number of esters is 1. The molecule has 0 radical (unpaired) electrons. The van der Waals surface area contributed by atoms with Gasteiger partial charge >= 0.3 is 5.97 Å². The lowest BCUT2D eigenvalue weighted by Crippen LogP contribution is -2.41. The van der Waals surface area contributed by atoms with E-state index in [0.29, 0.717) is 0 Å². The molecule has 0 aliphatic carbocycles. The second-order valence-electron chi connectivity index (χ2n) is 3.21. The van der Waals surface area contributed by atoms with E-state index in [9.17, 15) is 18.0 Å². The monoisotopic (exact) mass is 271 g/mol. The minimum absolute atomic E-state index is 0.174. The van der Waals surface area contributed by atoms with Gasteiger partial charge in [0.05, 0.1) is 7.11 Å². The van der Waals surface area contributed by atoms with Crippen LogP contribution in [-0.4, -0.2) is 50.8 Å². The van der Waals surface area contributed by atoms with Crippen LogP contribution in [0, 0.1) is 0 Å². The highest BCUT2D eigenvalue weighted by atomic mass is 35.5. The fourth-order valence-corrected chi connectivity index (χ4v) is 1.38. The van der Waals surface area contributed by atoms with Crippen molar-refractivity contribution >= 4 is 33.3 Å². The number of ether oxygens (including phenoxy) is 1. The first kappa shape index (κ1) is 15.2. The Balaban J connectivity index is 4.24. The number of hydrogen-bond donors (Lipinski definition) is 1. The number of sulfone groups is 1. The molecule has 8 heteroatoms. The molecule has 0 heterocycles. The SMILES string of the molecule is COC(=O)C(Cl)CNC(=O)C(C)S(C)(=O)=O. The molecular formula is C8H14ClNO5S. The Morgan fingerprint density at radius 1 is 1.44 bits per heavy atom. The van der Waals surface area contributed by atoms with Gasteiger partial charge in [-0.3, -0.25) is 9.59 Å². The number of methoxy groups -OCH3 is 1. The summed E-state index contributed by atoms with van der Waals surface area (Å²) in [5.74, 6) is -1.38. The third kappa shape index (κ3) is 4.80. The van der Waals surface area contributed by atoms with E-state index in [-0.39, 0.29) is 6.54 Å². The van der Waals surface area contributed by atoms with E-state index >= 15 is 0 Å². The van der Waals surface area contributed by atoms with Gasteiger partial charge in [-0.25, -0.2) is 8.42 Å². The van der Waals surface area contributed by atoms with Crippen molar-refractivity contribution in [2.75, 3.05) is 19.9 Å². The number of rotatable bonds is 5. The summed E-state index contributed by atoms with van der Waals surface area (Å²) in [5, 5.41) is 0.0537. The molecule has 0 aromatic rings. The molecule has 94 valence electrons. The van der Waals surface area contributed by atoms with Gasteiger partial charge in [-0.15, -0.1) is 11.6 Å². The van der Waals surface area contributed by atoms with Crippen molar-refractivity contribution in [3.05, 3.63) is 0 Å². The molecule has 0 aromatic carbocycles. The zero-order chi connectivity index (χ0) is 12.9. The Bertz CT molecular complexity index is 367. The zero-order valence-electron chi connectivity index (χ0n) is 9.19. The first-order chi connectivity index (χ1) is 7.20. The largest absolute Gasteiger partial charge is 0.468 e. The van der Waals surface area contributed by atoms with E-state index in [0.717, 1.165) is 6.26 Å².